The van der Waals surface area contributed by atoms with Crippen molar-refractivity contribution in [3.05, 3.63) is 29.6 Å². The van der Waals surface area contributed by atoms with Crippen LogP contribution in [0.3, 0.4) is 0 Å². The van der Waals surface area contributed by atoms with E-state index < -0.39 is 24.1 Å². The molecule has 0 fully saturated rings. The molecule has 0 radical (unpaired) electrons. The van der Waals surface area contributed by atoms with Crippen LogP contribution < -0.4 is 5.73 Å². The summed E-state index contributed by atoms with van der Waals surface area (Å²) in [5.74, 6) is -1.75. The number of carbonyl (C=O) groups is 2. The maximum atomic E-state index is 11.2. The second-order valence-electron chi connectivity index (χ2n) is 3.26. The Labute approximate surface area is 96.8 Å². The standard InChI is InChI=1S/C10H12N2O5/c1-17-10(16)6-4-5(2-3-12-6)7(13)8(14)9(11)15/h2-4,7-8,13-14H,1H3,(H2,11,15). The quantitative estimate of drug-likeness (QED) is 0.565. The number of primary amides is 1. The van der Waals surface area contributed by atoms with Crippen LogP contribution in [-0.2, 0) is 9.53 Å². The van der Waals surface area contributed by atoms with E-state index in [1.54, 1.807) is 0 Å². The fourth-order valence-electron chi connectivity index (χ4n) is 1.18. The van der Waals surface area contributed by atoms with Crippen molar-refractivity contribution in [3.63, 3.8) is 0 Å². The third kappa shape index (κ3) is 2.99. The summed E-state index contributed by atoms with van der Waals surface area (Å²) in [4.78, 5) is 25.6. The minimum atomic E-state index is -1.75. The summed E-state index contributed by atoms with van der Waals surface area (Å²) >= 11 is 0. The predicted molar refractivity (Wildman–Crippen MR) is 55.7 cm³/mol. The number of nitrogens with zero attached hydrogens (tertiary/aromatic N) is 1. The Morgan fingerprint density at radius 2 is 2.12 bits per heavy atom. The molecule has 7 heteroatoms. The molecule has 4 N–H and O–H groups in total. The number of methoxy groups -OCH3 is 1. The molecule has 0 aliphatic carbocycles. The van der Waals surface area contributed by atoms with Crippen LogP contribution in [0.1, 0.15) is 22.2 Å². The third-order valence-electron chi connectivity index (χ3n) is 2.11. The first kappa shape index (κ1) is 13.1. The third-order valence-corrected chi connectivity index (χ3v) is 2.11. The molecule has 1 aromatic rings. The van der Waals surface area contributed by atoms with E-state index in [0.717, 1.165) is 0 Å². The average molecular weight is 240 g/mol. The fourth-order valence-corrected chi connectivity index (χ4v) is 1.18. The van der Waals surface area contributed by atoms with E-state index in [9.17, 15) is 19.8 Å². The SMILES string of the molecule is COC(=O)c1cc(C(O)C(O)C(N)=O)ccn1. The molecular formula is C10H12N2O5. The van der Waals surface area contributed by atoms with Crippen LogP contribution in [0.5, 0.6) is 0 Å². The molecular weight excluding hydrogens is 228 g/mol. The molecule has 2 atom stereocenters. The second kappa shape index (κ2) is 5.37. The lowest BCUT2D eigenvalue weighted by atomic mass is 10.0. The fraction of sp³-hybridized carbons (Fsp3) is 0.300. The van der Waals surface area contributed by atoms with Gasteiger partial charge in [-0.1, -0.05) is 0 Å². The van der Waals surface area contributed by atoms with Crippen molar-refractivity contribution in [3.8, 4) is 0 Å². The minimum Gasteiger partial charge on any atom is -0.464 e. The molecule has 2 unspecified atom stereocenters. The molecule has 17 heavy (non-hydrogen) atoms. The molecule has 1 heterocycles. The highest BCUT2D eigenvalue weighted by molar-refractivity contribution is 5.87. The van der Waals surface area contributed by atoms with Crippen molar-refractivity contribution in [2.45, 2.75) is 12.2 Å². The first-order valence-electron chi connectivity index (χ1n) is 4.67. The molecule has 1 rings (SSSR count). The highest BCUT2D eigenvalue weighted by Gasteiger charge is 2.24. The predicted octanol–water partition coefficient (Wildman–Crippen LogP) is -1.25. The number of hydrogen-bond acceptors (Lipinski definition) is 6. The number of nitrogens with two attached hydrogens (primary N) is 1. The van der Waals surface area contributed by atoms with Crippen LogP contribution in [0.15, 0.2) is 18.3 Å². The summed E-state index contributed by atoms with van der Waals surface area (Å²) in [6.07, 6.45) is -2.01. The number of hydrogen-bond donors (Lipinski definition) is 3. The van der Waals surface area contributed by atoms with Crippen molar-refractivity contribution in [1.29, 1.82) is 0 Å². The van der Waals surface area contributed by atoms with Crippen molar-refractivity contribution in [2.24, 2.45) is 5.73 Å². The van der Waals surface area contributed by atoms with Crippen molar-refractivity contribution in [2.75, 3.05) is 7.11 Å². The lowest BCUT2D eigenvalue weighted by molar-refractivity contribution is -0.131. The number of rotatable bonds is 4. The van der Waals surface area contributed by atoms with Crippen LogP contribution in [-0.4, -0.2) is 40.3 Å². The number of aliphatic hydroxyl groups excluding tert-OH is 2. The van der Waals surface area contributed by atoms with E-state index in [4.69, 9.17) is 5.73 Å². The van der Waals surface area contributed by atoms with Gasteiger partial charge in [0.1, 0.15) is 11.8 Å². The highest BCUT2D eigenvalue weighted by Crippen LogP contribution is 2.17. The maximum absolute atomic E-state index is 11.2. The maximum Gasteiger partial charge on any atom is 0.356 e. The number of esters is 1. The van der Waals surface area contributed by atoms with Crippen LogP contribution >= 0.6 is 0 Å². The number of amides is 1. The zero-order valence-electron chi connectivity index (χ0n) is 9.03. The topological polar surface area (TPSA) is 123 Å². The van der Waals surface area contributed by atoms with E-state index in [1.165, 1.54) is 25.4 Å². The molecule has 0 saturated carbocycles. The van der Waals surface area contributed by atoms with Crippen molar-refractivity contribution >= 4 is 11.9 Å². The van der Waals surface area contributed by atoms with Gasteiger partial charge in [-0.15, -0.1) is 0 Å². The van der Waals surface area contributed by atoms with Crippen LogP contribution in [0.2, 0.25) is 0 Å². The molecule has 0 aliphatic heterocycles. The summed E-state index contributed by atoms with van der Waals surface area (Å²) in [5.41, 5.74) is 4.95. The molecule has 1 amide bonds. The summed E-state index contributed by atoms with van der Waals surface area (Å²) in [6.45, 7) is 0. The van der Waals surface area contributed by atoms with Gasteiger partial charge >= 0.3 is 5.97 Å². The number of aliphatic hydroxyl groups is 2. The molecule has 0 aliphatic rings. The number of ether oxygens (including phenoxy) is 1. The van der Waals surface area contributed by atoms with E-state index in [1.807, 2.05) is 0 Å². The number of aromatic nitrogens is 1. The monoisotopic (exact) mass is 240 g/mol. The number of pyridine rings is 1. The zero-order valence-corrected chi connectivity index (χ0v) is 9.03. The van der Waals surface area contributed by atoms with Gasteiger partial charge in [-0.3, -0.25) is 4.79 Å². The Balaban J connectivity index is 2.99. The average Bonchev–Trinajstić information content (AvgIpc) is 2.36. The summed E-state index contributed by atoms with van der Waals surface area (Å²) in [7, 11) is 1.19. The molecule has 0 bridgehead atoms. The largest absolute Gasteiger partial charge is 0.464 e. The summed E-state index contributed by atoms with van der Waals surface area (Å²) in [5, 5.41) is 18.9. The van der Waals surface area contributed by atoms with E-state index in [2.05, 4.69) is 9.72 Å². The highest BCUT2D eigenvalue weighted by atomic mass is 16.5. The van der Waals surface area contributed by atoms with Gasteiger partial charge in [0.15, 0.2) is 6.10 Å². The Morgan fingerprint density at radius 3 is 2.65 bits per heavy atom. The molecule has 0 aromatic carbocycles. The van der Waals surface area contributed by atoms with Gasteiger partial charge in [0.25, 0.3) is 0 Å². The molecule has 7 nitrogen and oxygen atoms in total. The van der Waals surface area contributed by atoms with Crippen LogP contribution in [0.25, 0.3) is 0 Å². The van der Waals surface area contributed by atoms with Gasteiger partial charge in [0.05, 0.1) is 7.11 Å². The summed E-state index contributed by atoms with van der Waals surface area (Å²) in [6, 6.07) is 2.56. The zero-order chi connectivity index (χ0) is 13.0. The van der Waals surface area contributed by atoms with Gasteiger partial charge in [0, 0.05) is 6.20 Å². The Hall–Kier alpha value is -1.99. The lowest BCUT2D eigenvalue weighted by Crippen LogP contribution is -2.34. The van der Waals surface area contributed by atoms with Crippen molar-refractivity contribution in [1.82, 2.24) is 4.98 Å². The molecule has 0 spiro atoms. The van der Waals surface area contributed by atoms with E-state index in [-0.39, 0.29) is 11.3 Å². The van der Waals surface area contributed by atoms with Gasteiger partial charge < -0.3 is 20.7 Å². The molecule has 0 saturated heterocycles. The summed E-state index contributed by atoms with van der Waals surface area (Å²) < 4.78 is 4.44. The van der Waals surface area contributed by atoms with E-state index in [0.29, 0.717) is 0 Å². The Morgan fingerprint density at radius 1 is 1.47 bits per heavy atom. The van der Waals surface area contributed by atoms with Crippen molar-refractivity contribution < 1.29 is 24.5 Å². The smallest absolute Gasteiger partial charge is 0.356 e. The Bertz CT molecular complexity index is 434. The van der Waals surface area contributed by atoms with Crippen LogP contribution in [0, 0.1) is 0 Å². The van der Waals surface area contributed by atoms with Gasteiger partial charge in [-0.05, 0) is 17.7 Å². The van der Waals surface area contributed by atoms with Gasteiger partial charge in [0.2, 0.25) is 5.91 Å². The molecule has 92 valence electrons. The lowest BCUT2D eigenvalue weighted by Gasteiger charge is -2.15. The van der Waals surface area contributed by atoms with Gasteiger partial charge in [-0.2, -0.15) is 0 Å². The van der Waals surface area contributed by atoms with E-state index >= 15 is 0 Å². The van der Waals surface area contributed by atoms with Crippen LogP contribution in [0.4, 0.5) is 0 Å². The molecule has 1 aromatic heterocycles. The second-order valence-corrected chi connectivity index (χ2v) is 3.26. The Kier molecular flexibility index (Phi) is 4.13. The minimum absolute atomic E-state index is 0.0410. The first-order valence-corrected chi connectivity index (χ1v) is 4.67. The van der Waals surface area contributed by atoms with Gasteiger partial charge in [-0.25, -0.2) is 9.78 Å². The first-order chi connectivity index (χ1) is 7.97. The number of carbonyl (C=O) groups excluding carboxylic acids is 2. The normalized spacial score (nSPS) is 13.8.